The Labute approximate surface area is 104 Å². The zero-order chi connectivity index (χ0) is 12.6. The number of phenols is 1. The van der Waals surface area contributed by atoms with E-state index in [1.807, 2.05) is 18.2 Å². The summed E-state index contributed by atoms with van der Waals surface area (Å²) in [6, 6.07) is 7.17. The van der Waals surface area contributed by atoms with Gasteiger partial charge in [0.05, 0.1) is 5.54 Å². The SMILES string of the molecule is O=C=NC1(c2ccc(O)c3ncccc23)CCC1. The van der Waals surface area contributed by atoms with E-state index in [-0.39, 0.29) is 5.75 Å². The third kappa shape index (κ3) is 1.43. The maximum absolute atomic E-state index is 10.6. The lowest BCUT2D eigenvalue weighted by Crippen LogP contribution is -2.32. The van der Waals surface area contributed by atoms with E-state index in [0.29, 0.717) is 5.52 Å². The molecule has 4 nitrogen and oxygen atoms in total. The minimum atomic E-state index is -0.462. The van der Waals surface area contributed by atoms with Gasteiger partial charge < -0.3 is 5.11 Å². The summed E-state index contributed by atoms with van der Waals surface area (Å²) in [5.74, 6) is 0.152. The molecule has 0 atom stereocenters. The van der Waals surface area contributed by atoms with E-state index in [1.54, 1.807) is 18.3 Å². The lowest BCUT2D eigenvalue weighted by atomic mass is 9.71. The van der Waals surface area contributed by atoms with Crippen LogP contribution in [0.5, 0.6) is 5.75 Å². The molecule has 1 fully saturated rings. The Balaban J connectivity index is 2.30. The highest BCUT2D eigenvalue weighted by Crippen LogP contribution is 2.47. The topological polar surface area (TPSA) is 62.5 Å². The summed E-state index contributed by atoms with van der Waals surface area (Å²) >= 11 is 0. The van der Waals surface area contributed by atoms with Crippen molar-refractivity contribution in [2.45, 2.75) is 24.8 Å². The molecule has 2 aromatic rings. The van der Waals surface area contributed by atoms with Crippen molar-refractivity contribution in [3.8, 4) is 5.75 Å². The lowest BCUT2D eigenvalue weighted by Gasteiger charge is -2.37. The molecule has 90 valence electrons. The predicted octanol–water partition coefficient (Wildman–Crippen LogP) is 2.66. The number of fused-ring (bicyclic) bond motifs is 1. The van der Waals surface area contributed by atoms with Crippen LogP contribution in [0.1, 0.15) is 24.8 Å². The Kier molecular flexibility index (Phi) is 2.39. The van der Waals surface area contributed by atoms with Gasteiger partial charge in [-0.25, -0.2) is 4.79 Å². The minimum absolute atomic E-state index is 0.152. The van der Waals surface area contributed by atoms with Crippen LogP contribution in [0.15, 0.2) is 35.5 Å². The third-order valence-corrected chi connectivity index (χ3v) is 3.69. The van der Waals surface area contributed by atoms with Crippen molar-refractivity contribution in [2.24, 2.45) is 4.99 Å². The number of nitrogens with zero attached hydrogens (tertiary/aromatic N) is 2. The standard InChI is InChI=1S/C14H12N2O2/c17-9-16-14(6-2-7-14)11-4-5-12(18)13-10(11)3-1-8-15-13/h1,3-5,8,18H,2,6-7H2. The van der Waals surface area contributed by atoms with Gasteiger partial charge in [0.15, 0.2) is 0 Å². The first-order valence-corrected chi connectivity index (χ1v) is 5.93. The first kappa shape index (κ1) is 10.9. The van der Waals surface area contributed by atoms with Crippen molar-refractivity contribution in [3.63, 3.8) is 0 Å². The molecule has 0 spiro atoms. The molecule has 1 aliphatic carbocycles. The number of benzene rings is 1. The fourth-order valence-corrected chi connectivity index (χ4v) is 2.60. The second kappa shape index (κ2) is 3.93. The van der Waals surface area contributed by atoms with E-state index >= 15 is 0 Å². The van der Waals surface area contributed by atoms with Crippen LogP contribution in [0.3, 0.4) is 0 Å². The van der Waals surface area contributed by atoms with Gasteiger partial charge in [0.2, 0.25) is 6.08 Å². The molecule has 1 heterocycles. The molecule has 18 heavy (non-hydrogen) atoms. The Morgan fingerprint density at radius 1 is 1.33 bits per heavy atom. The van der Waals surface area contributed by atoms with Crippen molar-refractivity contribution >= 4 is 17.0 Å². The molecule has 1 N–H and O–H groups in total. The molecule has 0 saturated heterocycles. The number of phenolic OH excluding ortho intramolecular Hbond substituents is 1. The summed E-state index contributed by atoms with van der Waals surface area (Å²) in [5.41, 5.74) is 1.05. The summed E-state index contributed by atoms with van der Waals surface area (Å²) in [7, 11) is 0. The molecule has 3 rings (SSSR count). The molecule has 0 amide bonds. The fraction of sp³-hybridized carbons (Fsp3) is 0.286. The molecule has 0 radical (unpaired) electrons. The monoisotopic (exact) mass is 240 g/mol. The van der Waals surface area contributed by atoms with Gasteiger partial charge in [-0.3, -0.25) is 4.98 Å². The van der Waals surface area contributed by atoms with E-state index < -0.39 is 5.54 Å². The third-order valence-electron chi connectivity index (χ3n) is 3.69. The molecule has 1 saturated carbocycles. The largest absolute Gasteiger partial charge is 0.506 e. The molecule has 1 aromatic heterocycles. The summed E-state index contributed by atoms with van der Waals surface area (Å²) in [6.07, 6.45) is 6.06. The summed E-state index contributed by atoms with van der Waals surface area (Å²) in [6.45, 7) is 0. The van der Waals surface area contributed by atoms with Crippen LogP contribution >= 0.6 is 0 Å². The van der Waals surface area contributed by atoms with Crippen LogP contribution in [-0.2, 0) is 10.3 Å². The van der Waals surface area contributed by atoms with E-state index in [2.05, 4.69) is 9.98 Å². The predicted molar refractivity (Wildman–Crippen MR) is 67.1 cm³/mol. The van der Waals surface area contributed by atoms with Gasteiger partial charge in [-0.05, 0) is 37.0 Å². The van der Waals surface area contributed by atoms with Crippen LogP contribution in [0, 0.1) is 0 Å². The first-order chi connectivity index (χ1) is 8.77. The van der Waals surface area contributed by atoms with Crippen LogP contribution in [-0.4, -0.2) is 16.2 Å². The number of hydrogen-bond acceptors (Lipinski definition) is 4. The smallest absolute Gasteiger partial charge is 0.235 e. The summed E-state index contributed by atoms with van der Waals surface area (Å²) in [4.78, 5) is 18.8. The van der Waals surface area contributed by atoms with Crippen LogP contribution in [0.25, 0.3) is 10.9 Å². The zero-order valence-corrected chi connectivity index (χ0v) is 9.76. The highest BCUT2D eigenvalue weighted by molar-refractivity contribution is 5.88. The highest BCUT2D eigenvalue weighted by atomic mass is 16.3. The van der Waals surface area contributed by atoms with Gasteiger partial charge in [-0.15, -0.1) is 0 Å². The number of aromatic nitrogens is 1. The number of carbonyl (C=O) groups excluding carboxylic acids is 1. The van der Waals surface area contributed by atoms with Crippen molar-refractivity contribution < 1.29 is 9.90 Å². The summed E-state index contributed by atoms with van der Waals surface area (Å²) < 4.78 is 0. The molecule has 1 aliphatic rings. The summed E-state index contributed by atoms with van der Waals surface area (Å²) in [5, 5.41) is 10.7. The maximum Gasteiger partial charge on any atom is 0.235 e. The zero-order valence-electron chi connectivity index (χ0n) is 9.76. The first-order valence-electron chi connectivity index (χ1n) is 5.93. The molecular formula is C14H12N2O2. The van der Waals surface area contributed by atoms with Gasteiger partial charge in [-0.2, -0.15) is 4.99 Å². The van der Waals surface area contributed by atoms with E-state index in [4.69, 9.17) is 0 Å². The normalized spacial score (nSPS) is 16.9. The Hall–Kier alpha value is -2.19. The van der Waals surface area contributed by atoms with Crippen LogP contribution in [0.4, 0.5) is 0 Å². The lowest BCUT2D eigenvalue weighted by molar-refractivity contribution is 0.258. The molecule has 0 bridgehead atoms. The Bertz CT molecular complexity index is 656. The van der Waals surface area contributed by atoms with Crippen LogP contribution < -0.4 is 0 Å². The Morgan fingerprint density at radius 3 is 2.83 bits per heavy atom. The molecule has 4 heteroatoms. The van der Waals surface area contributed by atoms with Crippen molar-refractivity contribution in [1.29, 1.82) is 0 Å². The molecular weight excluding hydrogens is 228 g/mol. The average Bonchev–Trinajstić information content (AvgIpc) is 2.35. The maximum atomic E-state index is 10.6. The van der Waals surface area contributed by atoms with Crippen molar-refractivity contribution in [2.75, 3.05) is 0 Å². The molecule has 0 aliphatic heterocycles. The second-order valence-corrected chi connectivity index (χ2v) is 4.62. The van der Waals surface area contributed by atoms with Gasteiger partial charge in [0, 0.05) is 11.6 Å². The quantitative estimate of drug-likeness (QED) is 0.648. The molecule has 0 unspecified atom stereocenters. The highest BCUT2D eigenvalue weighted by Gasteiger charge is 2.40. The second-order valence-electron chi connectivity index (χ2n) is 4.62. The number of hydrogen-bond donors (Lipinski definition) is 1. The number of rotatable bonds is 2. The Morgan fingerprint density at radius 2 is 2.17 bits per heavy atom. The van der Waals surface area contributed by atoms with Gasteiger partial charge in [0.25, 0.3) is 0 Å². The number of pyridine rings is 1. The van der Waals surface area contributed by atoms with Crippen molar-refractivity contribution in [1.82, 2.24) is 4.98 Å². The van der Waals surface area contributed by atoms with E-state index in [9.17, 15) is 9.90 Å². The minimum Gasteiger partial charge on any atom is -0.506 e. The van der Waals surface area contributed by atoms with E-state index in [0.717, 1.165) is 30.2 Å². The van der Waals surface area contributed by atoms with Crippen LogP contribution in [0.2, 0.25) is 0 Å². The fourth-order valence-electron chi connectivity index (χ4n) is 2.60. The average molecular weight is 240 g/mol. The van der Waals surface area contributed by atoms with Gasteiger partial charge in [0.1, 0.15) is 11.3 Å². The van der Waals surface area contributed by atoms with Crippen molar-refractivity contribution in [3.05, 3.63) is 36.0 Å². The van der Waals surface area contributed by atoms with Gasteiger partial charge >= 0.3 is 0 Å². The van der Waals surface area contributed by atoms with Gasteiger partial charge in [-0.1, -0.05) is 12.1 Å². The molecule has 1 aromatic carbocycles. The number of aliphatic imine (C=N–C) groups is 1. The number of aromatic hydroxyl groups is 1. The van der Waals surface area contributed by atoms with E-state index in [1.165, 1.54) is 0 Å². The number of isocyanates is 1.